The fourth-order valence-electron chi connectivity index (χ4n) is 1.59. The quantitative estimate of drug-likeness (QED) is 0.693. The lowest BCUT2D eigenvalue weighted by molar-refractivity contribution is 1.34. The minimum Gasteiger partial charge on any atom is -0.324 e. The number of nitrogens with one attached hydrogen (secondary N) is 2. The second kappa shape index (κ2) is 4.27. The van der Waals surface area contributed by atoms with Gasteiger partial charge in [0.1, 0.15) is 4.99 Å². The van der Waals surface area contributed by atoms with Crippen molar-refractivity contribution in [2.75, 3.05) is 5.32 Å². The molecule has 17 heavy (non-hydrogen) atoms. The molecule has 3 nitrogen and oxygen atoms in total. The monoisotopic (exact) mass is 259 g/mol. The van der Waals surface area contributed by atoms with Gasteiger partial charge in [-0.1, -0.05) is 30.4 Å². The molecule has 0 saturated carbocycles. The average molecular weight is 259 g/mol. The standard InChI is InChI=1S/C12H9N3S2/c16-11(10-6-3-7-17-10)15-12-13-8-4-1-2-5-9(8)14-12/h1-7H,(H2,13,14,15,16). The lowest BCUT2D eigenvalue weighted by atomic mass is 10.3. The van der Waals surface area contributed by atoms with E-state index in [1.54, 1.807) is 11.3 Å². The Hall–Kier alpha value is -1.72. The molecule has 0 aliphatic rings. The van der Waals surface area contributed by atoms with E-state index in [4.69, 9.17) is 12.2 Å². The smallest absolute Gasteiger partial charge is 0.206 e. The molecule has 0 bridgehead atoms. The maximum absolute atomic E-state index is 5.30. The maximum atomic E-state index is 5.30. The number of rotatable bonds is 2. The van der Waals surface area contributed by atoms with Crippen LogP contribution in [0.3, 0.4) is 0 Å². The van der Waals surface area contributed by atoms with Gasteiger partial charge in [-0.2, -0.15) is 0 Å². The molecule has 2 N–H and O–H groups in total. The summed E-state index contributed by atoms with van der Waals surface area (Å²) in [7, 11) is 0. The molecule has 0 saturated heterocycles. The Morgan fingerprint density at radius 1 is 1.24 bits per heavy atom. The Balaban J connectivity index is 1.88. The number of hydrogen-bond acceptors (Lipinski definition) is 3. The molecule has 5 heteroatoms. The number of aromatic amines is 1. The van der Waals surface area contributed by atoms with E-state index in [-0.39, 0.29) is 0 Å². The van der Waals surface area contributed by atoms with E-state index in [2.05, 4.69) is 15.3 Å². The Kier molecular flexibility index (Phi) is 2.62. The van der Waals surface area contributed by atoms with Crippen molar-refractivity contribution < 1.29 is 0 Å². The van der Waals surface area contributed by atoms with Crippen molar-refractivity contribution in [2.24, 2.45) is 0 Å². The van der Waals surface area contributed by atoms with Crippen LogP contribution in [0, 0.1) is 0 Å². The highest BCUT2D eigenvalue weighted by atomic mass is 32.1. The van der Waals surface area contributed by atoms with Crippen LogP contribution in [-0.2, 0) is 0 Å². The first-order valence-corrected chi connectivity index (χ1v) is 6.41. The summed E-state index contributed by atoms with van der Waals surface area (Å²) in [5, 5.41) is 5.11. The number of hydrogen-bond donors (Lipinski definition) is 2. The highest BCUT2D eigenvalue weighted by Gasteiger charge is 2.06. The van der Waals surface area contributed by atoms with Gasteiger partial charge in [-0.25, -0.2) is 4.98 Å². The molecule has 0 spiro atoms. The molecule has 3 rings (SSSR count). The number of thiophene rings is 1. The lowest BCUT2D eigenvalue weighted by Crippen LogP contribution is -2.09. The van der Waals surface area contributed by atoms with Crippen LogP contribution in [0.15, 0.2) is 41.8 Å². The van der Waals surface area contributed by atoms with E-state index in [0.717, 1.165) is 15.9 Å². The number of H-pyrrole nitrogens is 1. The Bertz CT molecular complexity index is 622. The van der Waals surface area contributed by atoms with Crippen molar-refractivity contribution >= 4 is 45.5 Å². The molecule has 2 aromatic heterocycles. The number of fused-ring (bicyclic) bond motifs is 1. The van der Waals surface area contributed by atoms with Crippen molar-refractivity contribution in [1.29, 1.82) is 0 Å². The van der Waals surface area contributed by atoms with Gasteiger partial charge in [0.15, 0.2) is 0 Å². The van der Waals surface area contributed by atoms with Gasteiger partial charge in [0, 0.05) is 0 Å². The van der Waals surface area contributed by atoms with Crippen LogP contribution in [-0.4, -0.2) is 15.0 Å². The van der Waals surface area contributed by atoms with Crippen LogP contribution in [0.25, 0.3) is 11.0 Å². The number of anilines is 1. The van der Waals surface area contributed by atoms with E-state index < -0.39 is 0 Å². The average Bonchev–Trinajstić information content (AvgIpc) is 2.97. The zero-order valence-corrected chi connectivity index (χ0v) is 10.4. The van der Waals surface area contributed by atoms with Crippen LogP contribution in [0.4, 0.5) is 5.95 Å². The van der Waals surface area contributed by atoms with E-state index >= 15 is 0 Å². The zero-order chi connectivity index (χ0) is 11.7. The van der Waals surface area contributed by atoms with Crippen molar-refractivity contribution in [3.05, 3.63) is 46.7 Å². The van der Waals surface area contributed by atoms with Gasteiger partial charge >= 0.3 is 0 Å². The molecule has 0 unspecified atom stereocenters. The predicted octanol–water partition coefficient (Wildman–Crippen LogP) is 3.41. The molecule has 3 aromatic rings. The third-order valence-corrected chi connectivity index (χ3v) is 3.70. The van der Waals surface area contributed by atoms with Crippen LogP contribution >= 0.6 is 23.6 Å². The fraction of sp³-hybridized carbons (Fsp3) is 0. The van der Waals surface area contributed by atoms with Gasteiger partial charge in [0.25, 0.3) is 0 Å². The third kappa shape index (κ3) is 2.07. The first-order valence-electron chi connectivity index (χ1n) is 5.12. The highest BCUT2D eigenvalue weighted by Crippen LogP contribution is 2.16. The predicted molar refractivity (Wildman–Crippen MR) is 75.7 cm³/mol. The van der Waals surface area contributed by atoms with Gasteiger partial charge in [0.05, 0.1) is 15.9 Å². The highest BCUT2D eigenvalue weighted by molar-refractivity contribution is 7.81. The zero-order valence-electron chi connectivity index (χ0n) is 8.81. The summed E-state index contributed by atoms with van der Waals surface area (Å²) in [5.74, 6) is 0.685. The minimum atomic E-state index is 0.685. The molecule has 84 valence electrons. The first-order chi connectivity index (χ1) is 8.33. The SMILES string of the molecule is S=C(Nc1nc2ccccc2[nH]1)c1cccs1. The summed E-state index contributed by atoms with van der Waals surface area (Å²) in [6.45, 7) is 0. The van der Waals surface area contributed by atoms with Crippen molar-refractivity contribution in [1.82, 2.24) is 9.97 Å². The largest absolute Gasteiger partial charge is 0.324 e. The molecule has 0 atom stereocenters. The molecular weight excluding hydrogens is 250 g/mol. The number of imidazole rings is 1. The van der Waals surface area contributed by atoms with Crippen molar-refractivity contribution in [3.63, 3.8) is 0 Å². The number of aromatic nitrogens is 2. The summed E-state index contributed by atoms with van der Waals surface area (Å²) >= 11 is 6.91. The van der Waals surface area contributed by atoms with Gasteiger partial charge in [-0.3, -0.25) is 0 Å². The van der Waals surface area contributed by atoms with Gasteiger partial charge < -0.3 is 10.3 Å². The van der Waals surface area contributed by atoms with E-state index in [9.17, 15) is 0 Å². The summed E-state index contributed by atoms with van der Waals surface area (Å²) in [5.41, 5.74) is 1.94. The van der Waals surface area contributed by atoms with Crippen LogP contribution in [0.1, 0.15) is 4.88 Å². The Labute approximate surface area is 108 Å². The number of thiocarbonyl (C=S) groups is 1. The normalized spacial score (nSPS) is 10.6. The van der Waals surface area contributed by atoms with E-state index in [1.807, 2.05) is 41.8 Å². The molecule has 0 radical (unpaired) electrons. The molecule has 0 amide bonds. The number of para-hydroxylation sites is 2. The van der Waals surface area contributed by atoms with Crippen LogP contribution in [0.2, 0.25) is 0 Å². The second-order valence-electron chi connectivity index (χ2n) is 3.53. The maximum Gasteiger partial charge on any atom is 0.206 e. The Morgan fingerprint density at radius 3 is 2.88 bits per heavy atom. The van der Waals surface area contributed by atoms with Crippen molar-refractivity contribution in [2.45, 2.75) is 0 Å². The number of nitrogens with zero attached hydrogens (tertiary/aromatic N) is 1. The number of benzene rings is 1. The lowest BCUT2D eigenvalue weighted by Gasteiger charge is -2.00. The summed E-state index contributed by atoms with van der Waals surface area (Å²) in [6.07, 6.45) is 0. The van der Waals surface area contributed by atoms with Gasteiger partial charge in [-0.05, 0) is 23.6 Å². The van der Waals surface area contributed by atoms with Gasteiger partial charge in [0.2, 0.25) is 5.95 Å². The second-order valence-corrected chi connectivity index (χ2v) is 4.89. The van der Waals surface area contributed by atoms with Gasteiger partial charge in [-0.15, -0.1) is 11.3 Å². The Morgan fingerprint density at radius 2 is 2.12 bits per heavy atom. The summed E-state index contributed by atoms with van der Waals surface area (Å²) in [6, 6.07) is 11.9. The van der Waals surface area contributed by atoms with E-state index in [0.29, 0.717) is 10.9 Å². The molecule has 0 aliphatic carbocycles. The topological polar surface area (TPSA) is 40.7 Å². The fourth-order valence-corrected chi connectivity index (χ4v) is 2.52. The minimum absolute atomic E-state index is 0.685. The molecule has 0 aliphatic heterocycles. The molecule has 0 fully saturated rings. The summed E-state index contributed by atoms with van der Waals surface area (Å²) < 4.78 is 0. The van der Waals surface area contributed by atoms with Crippen molar-refractivity contribution in [3.8, 4) is 0 Å². The third-order valence-electron chi connectivity index (χ3n) is 2.37. The molecular formula is C12H9N3S2. The summed E-state index contributed by atoms with van der Waals surface area (Å²) in [4.78, 5) is 9.33. The molecule has 2 heterocycles. The molecule has 1 aromatic carbocycles. The first kappa shape index (κ1) is 10.4. The van der Waals surface area contributed by atoms with Crippen LogP contribution in [0.5, 0.6) is 0 Å². The van der Waals surface area contributed by atoms with Crippen LogP contribution < -0.4 is 5.32 Å². The van der Waals surface area contributed by atoms with E-state index in [1.165, 1.54) is 0 Å².